The first kappa shape index (κ1) is 12.5. The van der Waals surface area contributed by atoms with Gasteiger partial charge in [0.2, 0.25) is 0 Å². The smallest absolute Gasteiger partial charge is 0.100 e. The molecule has 0 bridgehead atoms. The molecule has 0 aromatic carbocycles. The van der Waals surface area contributed by atoms with Gasteiger partial charge in [0.05, 0.1) is 5.76 Å². The molecular formula is C12H24N2O. The van der Waals surface area contributed by atoms with Crippen LogP contribution in [0.15, 0.2) is 11.8 Å². The van der Waals surface area contributed by atoms with E-state index >= 15 is 0 Å². The van der Waals surface area contributed by atoms with Crippen molar-refractivity contribution in [3.8, 4) is 0 Å². The summed E-state index contributed by atoms with van der Waals surface area (Å²) in [7, 11) is 2.18. The van der Waals surface area contributed by atoms with E-state index in [1.807, 2.05) is 6.92 Å². The van der Waals surface area contributed by atoms with Crippen molar-refractivity contribution in [3.05, 3.63) is 11.8 Å². The van der Waals surface area contributed by atoms with Gasteiger partial charge in [-0.3, -0.25) is 4.90 Å². The number of nitrogens with zero attached hydrogens (tertiary/aromatic N) is 2. The number of allylic oxidation sites excluding steroid dienone is 2. The number of piperazine rings is 1. The molecule has 0 aromatic rings. The summed E-state index contributed by atoms with van der Waals surface area (Å²) in [6.07, 6.45) is 3.18. The van der Waals surface area contributed by atoms with E-state index in [4.69, 9.17) is 4.74 Å². The summed E-state index contributed by atoms with van der Waals surface area (Å²) in [6, 6.07) is 0. The molecule has 1 saturated heterocycles. The number of likely N-dealkylation sites (N-methyl/N-ethyl adjacent to an activating group) is 1. The van der Waals surface area contributed by atoms with Crippen LogP contribution in [0.25, 0.3) is 0 Å². The van der Waals surface area contributed by atoms with Gasteiger partial charge in [-0.2, -0.15) is 0 Å². The van der Waals surface area contributed by atoms with Crippen LogP contribution in [0.2, 0.25) is 0 Å². The van der Waals surface area contributed by atoms with Crippen LogP contribution < -0.4 is 0 Å². The molecule has 3 heteroatoms. The van der Waals surface area contributed by atoms with Crippen molar-refractivity contribution in [2.75, 3.05) is 46.4 Å². The lowest BCUT2D eigenvalue weighted by atomic mass is 10.3. The maximum Gasteiger partial charge on any atom is 0.100 e. The first-order valence-electron chi connectivity index (χ1n) is 5.93. The zero-order valence-electron chi connectivity index (χ0n) is 10.3. The normalized spacial score (nSPS) is 20.6. The summed E-state index contributed by atoms with van der Waals surface area (Å²) < 4.78 is 5.62. The minimum Gasteiger partial charge on any atom is -0.497 e. The second kappa shape index (κ2) is 6.85. The van der Waals surface area contributed by atoms with Crippen LogP contribution in [-0.2, 0) is 4.74 Å². The molecule has 0 radical (unpaired) electrons. The van der Waals surface area contributed by atoms with Gasteiger partial charge in [-0.25, -0.2) is 0 Å². The van der Waals surface area contributed by atoms with Crippen molar-refractivity contribution in [3.63, 3.8) is 0 Å². The Bertz CT molecular complexity index is 196. The largest absolute Gasteiger partial charge is 0.497 e. The molecule has 0 saturated carbocycles. The van der Waals surface area contributed by atoms with Crippen LogP contribution in [0.4, 0.5) is 0 Å². The Hall–Kier alpha value is -0.540. The highest BCUT2D eigenvalue weighted by atomic mass is 16.5. The first-order valence-corrected chi connectivity index (χ1v) is 5.93. The van der Waals surface area contributed by atoms with Gasteiger partial charge in [-0.05, 0) is 26.5 Å². The molecule has 0 amide bonds. The van der Waals surface area contributed by atoms with E-state index in [0.717, 1.165) is 25.3 Å². The molecule has 1 fully saturated rings. The first-order chi connectivity index (χ1) is 7.22. The van der Waals surface area contributed by atoms with E-state index < -0.39 is 0 Å². The molecule has 1 aliphatic heterocycles. The van der Waals surface area contributed by atoms with Gasteiger partial charge in [0.15, 0.2) is 0 Å². The summed E-state index contributed by atoms with van der Waals surface area (Å²) in [5.41, 5.74) is 0. The molecule has 0 spiro atoms. The molecule has 3 nitrogen and oxygen atoms in total. The van der Waals surface area contributed by atoms with Crippen LogP contribution in [0.1, 0.15) is 20.3 Å². The summed E-state index contributed by atoms with van der Waals surface area (Å²) >= 11 is 0. The van der Waals surface area contributed by atoms with E-state index in [1.165, 1.54) is 26.2 Å². The van der Waals surface area contributed by atoms with Crippen LogP contribution in [-0.4, -0.2) is 56.2 Å². The summed E-state index contributed by atoms with van der Waals surface area (Å²) in [5, 5.41) is 0. The molecular weight excluding hydrogens is 188 g/mol. The Kier molecular flexibility index (Phi) is 5.73. The fourth-order valence-corrected chi connectivity index (χ4v) is 1.75. The molecule has 0 aromatic heterocycles. The molecule has 1 aliphatic rings. The van der Waals surface area contributed by atoms with Crippen LogP contribution in [0.5, 0.6) is 0 Å². The second-order valence-corrected chi connectivity index (χ2v) is 4.22. The van der Waals surface area contributed by atoms with Crippen LogP contribution in [0.3, 0.4) is 0 Å². The van der Waals surface area contributed by atoms with Gasteiger partial charge in [-0.15, -0.1) is 0 Å². The minimum absolute atomic E-state index is 0.825. The minimum atomic E-state index is 0.825. The van der Waals surface area contributed by atoms with Crippen LogP contribution in [0, 0.1) is 0 Å². The Morgan fingerprint density at radius 1 is 1.27 bits per heavy atom. The van der Waals surface area contributed by atoms with Gasteiger partial charge < -0.3 is 9.64 Å². The number of ether oxygens (including phenoxy) is 1. The summed E-state index contributed by atoms with van der Waals surface area (Å²) in [5.74, 6) is 1.06. The van der Waals surface area contributed by atoms with Gasteiger partial charge in [-0.1, -0.05) is 6.92 Å². The second-order valence-electron chi connectivity index (χ2n) is 4.22. The third-order valence-electron chi connectivity index (χ3n) is 2.82. The van der Waals surface area contributed by atoms with Gasteiger partial charge in [0.1, 0.15) is 6.61 Å². The van der Waals surface area contributed by atoms with E-state index in [2.05, 4.69) is 29.8 Å². The predicted octanol–water partition coefficient (Wildman–Crippen LogP) is 1.56. The number of hydrogen-bond donors (Lipinski definition) is 0. The van der Waals surface area contributed by atoms with Gasteiger partial charge in [0.25, 0.3) is 0 Å². The van der Waals surface area contributed by atoms with Crippen molar-refractivity contribution in [2.24, 2.45) is 0 Å². The third kappa shape index (κ3) is 5.19. The SMILES string of the molecule is CC/C=C(\C)OCCN1CCN(C)CC1. The lowest BCUT2D eigenvalue weighted by Crippen LogP contribution is -2.45. The topological polar surface area (TPSA) is 15.7 Å². The Morgan fingerprint density at radius 2 is 1.93 bits per heavy atom. The quantitative estimate of drug-likeness (QED) is 0.643. The van der Waals surface area contributed by atoms with Crippen molar-refractivity contribution in [2.45, 2.75) is 20.3 Å². The molecule has 0 aliphatic carbocycles. The van der Waals surface area contributed by atoms with Crippen molar-refractivity contribution >= 4 is 0 Å². The van der Waals surface area contributed by atoms with Crippen molar-refractivity contribution < 1.29 is 4.74 Å². The highest BCUT2D eigenvalue weighted by molar-refractivity contribution is 4.87. The molecule has 15 heavy (non-hydrogen) atoms. The Morgan fingerprint density at radius 3 is 2.53 bits per heavy atom. The summed E-state index contributed by atoms with van der Waals surface area (Å²) in [4.78, 5) is 4.85. The highest BCUT2D eigenvalue weighted by Gasteiger charge is 2.12. The molecule has 88 valence electrons. The van der Waals surface area contributed by atoms with E-state index in [0.29, 0.717) is 0 Å². The van der Waals surface area contributed by atoms with Crippen molar-refractivity contribution in [1.29, 1.82) is 0 Å². The molecule has 1 rings (SSSR count). The predicted molar refractivity (Wildman–Crippen MR) is 63.9 cm³/mol. The molecule has 0 unspecified atom stereocenters. The Labute approximate surface area is 93.7 Å². The van der Waals surface area contributed by atoms with Gasteiger partial charge in [0, 0.05) is 32.7 Å². The standard InChI is InChI=1S/C12H24N2O/c1-4-5-12(2)15-11-10-14-8-6-13(3)7-9-14/h5H,4,6-11H2,1-3H3/b12-5+. The Balaban J connectivity index is 2.07. The number of rotatable bonds is 5. The fraction of sp³-hybridized carbons (Fsp3) is 0.833. The lowest BCUT2D eigenvalue weighted by molar-refractivity contribution is 0.113. The van der Waals surface area contributed by atoms with Crippen LogP contribution >= 0.6 is 0 Å². The zero-order valence-corrected chi connectivity index (χ0v) is 10.3. The summed E-state index contributed by atoms with van der Waals surface area (Å²) in [6.45, 7) is 10.8. The van der Waals surface area contributed by atoms with Crippen molar-refractivity contribution in [1.82, 2.24) is 9.80 Å². The highest BCUT2D eigenvalue weighted by Crippen LogP contribution is 2.01. The maximum absolute atomic E-state index is 5.62. The maximum atomic E-state index is 5.62. The average molecular weight is 212 g/mol. The van der Waals surface area contributed by atoms with E-state index in [-0.39, 0.29) is 0 Å². The van der Waals surface area contributed by atoms with E-state index in [1.54, 1.807) is 0 Å². The average Bonchev–Trinajstić information content (AvgIpc) is 2.21. The third-order valence-corrected chi connectivity index (χ3v) is 2.82. The van der Waals surface area contributed by atoms with Gasteiger partial charge >= 0.3 is 0 Å². The lowest BCUT2D eigenvalue weighted by Gasteiger charge is -2.32. The molecule has 1 heterocycles. The monoisotopic (exact) mass is 212 g/mol. The fourth-order valence-electron chi connectivity index (χ4n) is 1.75. The number of hydrogen-bond acceptors (Lipinski definition) is 3. The van der Waals surface area contributed by atoms with E-state index in [9.17, 15) is 0 Å². The molecule has 0 N–H and O–H groups in total. The zero-order chi connectivity index (χ0) is 11.1. The molecule has 0 atom stereocenters.